The molecule has 2 aromatic carbocycles. The van der Waals surface area contributed by atoms with E-state index >= 15 is 0 Å². The van der Waals surface area contributed by atoms with E-state index < -0.39 is 10.0 Å². The van der Waals surface area contributed by atoms with Crippen LogP contribution in [0.4, 0.5) is 0 Å². The van der Waals surface area contributed by atoms with Crippen molar-refractivity contribution in [3.05, 3.63) is 64.7 Å². The summed E-state index contributed by atoms with van der Waals surface area (Å²) in [6, 6.07) is 13.2. The summed E-state index contributed by atoms with van der Waals surface area (Å²) in [6.45, 7) is 3.40. The van der Waals surface area contributed by atoms with Gasteiger partial charge in [0.05, 0.1) is 4.90 Å². The van der Waals surface area contributed by atoms with Gasteiger partial charge in [0.15, 0.2) is 0 Å². The van der Waals surface area contributed by atoms with Crippen molar-refractivity contribution in [2.45, 2.75) is 11.4 Å². The van der Waals surface area contributed by atoms with Gasteiger partial charge >= 0.3 is 0 Å². The average Bonchev–Trinajstić information content (AvgIpc) is 2.69. The number of hydrogen-bond donors (Lipinski definition) is 0. The number of rotatable bonds is 5. The maximum absolute atomic E-state index is 12.7. The van der Waals surface area contributed by atoms with Crippen molar-refractivity contribution in [2.75, 3.05) is 40.3 Å². The minimum Gasteiger partial charge on any atom is -0.336 e. The molecule has 1 heterocycles. The summed E-state index contributed by atoms with van der Waals surface area (Å²) in [5.41, 5.74) is 1.44. The lowest BCUT2D eigenvalue weighted by atomic mass is 10.1. The second-order valence-electron chi connectivity index (χ2n) is 7.01. The molecule has 28 heavy (non-hydrogen) atoms. The Labute approximate surface area is 171 Å². The first-order valence-electron chi connectivity index (χ1n) is 9.06. The fourth-order valence-electron chi connectivity index (χ4n) is 3.07. The predicted molar refractivity (Wildman–Crippen MR) is 110 cm³/mol. The number of halogens is 1. The van der Waals surface area contributed by atoms with Crippen molar-refractivity contribution in [1.29, 1.82) is 0 Å². The van der Waals surface area contributed by atoms with Crippen LogP contribution in [-0.4, -0.2) is 68.7 Å². The van der Waals surface area contributed by atoms with E-state index in [0.29, 0.717) is 10.6 Å². The van der Waals surface area contributed by atoms with E-state index in [1.165, 1.54) is 23.5 Å². The molecule has 0 radical (unpaired) electrons. The van der Waals surface area contributed by atoms with Gasteiger partial charge < -0.3 is 9.80 Å². The highest BCUT2D eigenvalue weighted by Gasteiger charge is 2.22. The van der Waals surface area contributed by atoms with Crippen molar-refractivity contribution in [1.82, 2.24) is 14.1 Å². The summed E-state index contributed by atoms with van der Waals surface area (Å²) >= 11 is 5.83. The van der Waals surface area contributed by atoms with Crippen LogP contribution < -0.4 is 0 Å². The molecule has 3 rings (SSSR count). The van der Waals surface area contributed by atoms with Gasteiger partial charge in [-0.1, -0.05) is 23.7 Å². The summed E-state index contributed by atoms with van der Waals surface area (Å²) < 4.78 is 26.6. The molecule has 0 saturated carbocycles. The first-order valence-corrected chi connectivity index (χ1v) is 10.9. The maximum atomic E-state index is 12.7. The van der Waals surface area contributed by atoms with Crippen LogP contribution in [0.3, 0.4) is 0 Å². The number of amides is 1. The standard InChI is InChI=1S/C20H24ClN3O3S/c1-22-11-13-24(14-12-22)20(25)17-5-3-16(4-6-17)15-23(2)28(26,27)19-9-7-18(21)8-10-19/h3-10H,11-15H2,1-2H3. The largest absolute Gasteiger partial charge is 0.336 e. The van der Waals surface area contributed by atoms with Crippen molar-refractivity contribution >= 4 is 27.5 Å². The fourth-order valence-corrected chi connectivity index (χ4v) is 4.36. The van der Waals surface area contributed by atoms with Crippen LogP contribution in [0.25, 0.3) is 0 Å². The van der Waals surface area contributed by atoms with Gasteiger partial charge in [-0.3, -0.25) is 4.79 Å². The molecule has 2 aromatic rings. The molecular weight excluding hydrogens is 398 g/mol. The minimum absolute atomic E-state index is 0.0155. The Morgan fingerprint density at radius 1 is 1.00 bits per heavy atom. The topological polar surface area (TPSA) is 60.9 Å². The molecule has 0 bridgehead atoms. The van der Waals surface area contributed by atoms with E-state index in [1.807, 2.05) is 11.9 Å². The Morgan fingerprint density at radius 3 is 2.14 bits per heavy atom. The predicted octanol–water partition coefficient (Wildman–Crippen LogP) is 2.55. The van der Waals surface area contributed by atoms with Gasteiger partial charge in [0.25, 0.3) is 5.91 Å². The van der Waals surface area contributed by atoms with Gasteiger partial charge in [-0.2, -0.15) is 4.31 Å². The van der Waals surface area contributed by atoms with Gasteiger partial charge in [-0.25, -0.2) is 8.42 Å². The fraction of sp³-hybridized carbons (Fsp3) is 0.350. The maximum Gasteiger partial charge on any atom is 0.253 e. The summed E-state index contributed by atoms with van der Waals surface area (Å²) in [4.78, 5) is 16.8. The molecule has 1 aliphatic heterocycles. The van der Waals surface area contributed by atoms with Gasteiger partial charge in [-0.05, 0) is 49.0 Å². The van der Waals surface area contributed by atoms with E-state index in [1.54, 1.807) is 36.4 Å². The Bertz CT molecular complexity index is 922. The number of piperazine rings is 1. The van der Waals surface area contributed by atoms with Gasteiger partial charge in [0.2, 0.25) is 10.0 Å². The second-order valence-corrected chi connectivity index (χ2v) is 9.49. The number of nitrogens with zero attached hydrogens (tertiary/aromatic N) is 3. The molecule has 0 aliphatic carbocycles. The van der Waals surface area contributed by atoms with Crippen LogP contribution in [0.5, 0.6) is 0 Å². The summed E-state index contributed by atoms with van der Waals surface area (Å²) in [5.74, 6) is 0.0155. The third kappa shape index (κ3) is 4.72. The zero-order valence-corrected chi connectivity index (χ0v) is 17.6. The normalized spacial score (nSPS) is 15.8. The first kappa shape index (κ1) is 20.8. The molecule has 1 aliphatic rings. The molecule has 0 N–H and O–H groups in total. The van der Waals surface area contributed by atoms with Crippen LogP contribution in [-0.2, 0) is 16.6 Å². The second kappa shape index (κ2) is 8.61. The van der Waals surface area contributed by atoms with Crippen LogP contribution in [0.15, 0.2) is 53.4 Å². The van der Waals surface area contributed by atoms with Gasteiger partial charge in [0.1, 0.15) is 0 Å². The molecular formula is C20H24ClN3O3S. The van der Waals surface area contributed by atoms with Crippen LogP contribution in [0, 0.1) is 0 Å². The summed E-state index contributed by atoms with van der Waals surface area (Å²) in [7, 11) is -0.0261. The molecule has 6 nitrogen and oxygen atoms in total. The molecule has 1 saturated heterocycles. The third-order valence-electron chi connectivity index (χ3n) is 4.92. The molecule has 1 fully saturated rings. The first-order chi connectivity index (χ1) is 13.3. The third-order valence-corrected chi connectivity index (χ3v) is 6.99. The highest BCUT2D eigenvalue weighted by Crippen LogP contribution is 2.19. The Kier molecular flexibility index (Phi) is 6.40. The molecule has 0 spiro atoms. The van der Waals surface area contributed by atoms with E-state index in [2.05, 4.69) is 4.90 Å². The number of hydrogen-bond acceptors (Lipinski definition) is 4. The van der Waals surface area contributed by atoms with Crippen molar-refractivity contribution in [2.24, 2.45) is 0 Å². The van der Waals surface area contributed by atoms with Crippen molar-refractivity contribution in [3.8, 4) is 0 Å². The van der Waals surface area contributed by atoms with E-state index in [0.717, 1.165) is 31.7 Å². The van der Waals surface area contributed by atoms with Gasteiger partial charge in [0, 0.05) is 50.4 Å². The van der Waals surface area contributed by atoms with Gasteiger partial charge in [-0.15, -0.1) is 0 Å². The monoisotopic (exact) mass is 421 g/mol. The number of likely N-dealkylation sites (N-methyl/N-ethyl adjacent to an activating group) is 1. The van der Waals surface area contributed by atoms with Crippen molar-refractivity contribution < 1.29 is 13.2 Å². The van der Waals surface area contributed by atoms with E-state index in [4.69, 9.17) is 11.6 Å². The Balaban J connectivity index is 1.66. The van der Waals surface area contributed by atoms with Crippen molar-refractivity contribution in [3.63, 3.8) is 0 Å². The zero-order chi connectivity index (χ0) is 20.3. The number of carbonyl (C=O) groups is 1. The van der Waals surface area contributed by atoms with E-state index in [9.17, 15) is 13.2 Å². The SMILES string of the molecule is CN1CCN(C(=O)c2ccc(CN(C)S(=O)(=O)c3ccc(Cl)cc3)cc2)CC1. The zero-order valence-electron chi connectivity index (χ0n) is 16.0. The number of carbonyl (C=O) groups excluding carboxylic acids is 1. The summed E-state index contributed by atoms with van der Waals surface area (Å²) in [6.07, 6.45) is 0. The highest BCUT2D eigenvalue weighted by molar-refractivity contribution is 7.89. The lowest BCUT2D eigenvalue weighted by Crippen LogP contribution is -2.47. The number of sulfonamides is 1. The molecule has 0 atom stereocenters. The molecule has 8 heteroatoms. The Morgan fingerprint density at radius 2 is 1.57 bits per heavy atom. The lowest BCUT2D eigenvalue weighted by Gasteiger charge is -2.32. The highest BCUT2D eigenvalue weighted by atomic mass is 35.5. The molecule has 150 valence electrons. The molecule has 1 amide bonds. The smallest absolute Gasteiger partial charge is 0.253 e. The van der Waals surface area contributed by atoms with Crippen LogP contribution >= 0.6 is 11.6 Å². The number of benzene rings is 2. The van der Waals surface area contributed by atoms with Crippen LogP contribution in [0.1, 0.15) is 15.9 Å². The van der Waals surface area contributed by atoms with Crippen LogP contribution in [0.2, 0.25) is 5.02 Å². The summed E-state index contributed by atoms with van der Waals surface area (Å²) in [5, 5.41) is 0.488. The average molecular weight is 422 g/mol. The Hall–Kier alpha value is -1.93. The quantitative estimate of drug-likeness (QED) is 0.744. The van der Waals surface area contributed by atoms with E-state index in [-0.39, 0.29) is 17.3 Å². The molecule has 0 aromatic heterocycles. The minimum atomic E-state index is -3.61. The lowest BCUT2D eigenvalue weighted by molar-refractivity contribution is 0.0664. The molecule has 0 unspecified atom stereocenters.